The van der Waals surface area contributed by atoms with Crippen LogP contribution in [0, 0.1) is 29.6 Å². The van der Waals surface area contributed by atoms with Crippen LogP contribution in [0.15, 0.2) is 12.1 Å². The van der Waals surface area contributed by atoms with Gasteiger partial charge in [0.25, 0.3) is 0 Å². The van der Waals surface area contributed by atoms with E-state index in [1.54, 1.807) is 6.92 Å². The summed E-state index contributed by atoms with van der Waals surface area (Å²) in [5.41, 5.74) is 29.3. The van der Waals surface area contributed by atoms with Crippen molar-refractivity contribution in [3.05, 3.63) is 28.8 Å². The van der Waals surface area contributed by atoms with E-state index in [0.717, 1.165) is 25.7 Å². The van der Waals surface area contributed by atoms with E-state index in [2.05, 4.69) is 13.8 Å². The lowest BCUT2D eigenvalue weighted by molar-refractivity contribution is -0.156. The largest absolute Gasteiger partial charge is 0.462 e. The molecule has 238 valence electrons. The molecule has 2 unspecified atom stereocenters. The van der Waals surface area contributed by atoms with Crippen LogP contribution in [0.5, 0.6) is 11.5 Å². The molecule has 0 radical (unpaired) electrons. The fourth-order valence-electron chi connectivity index (χ4n) is 4.78. The molecule has 2 aromatic carbocycles. The summed E-state index contributed by atoms with van der Waals surface area (Å²) in [4.78, 5) is 52.1. The second-order valence-corrected chi connectivity index (χ2v) is 12.7. The van der Waals surface area contributed by atoms with Crippen LogP contribution in [0.3, 0.4) is 0 Å². The Morgan fingerprint density at radius 3 is 1.48 bits per heavy atom. The summed E-state index contributed by atoms with van der Waals surface area (Å²) >= 11 is 0. The molecule has 0 spiro atoms. The molecule has 2 fully saturated rings. The number of esters is 4. The Morgan fingerprint density at radius 2 is 1.07 bits per heavy atom. The van der Waals surface area contributed by atoms with Crippen molar-refractivity contribution in [3.8, 4) is 11.5 Å². The summed E-state index contributed by atoms with van der Waals surface area (Å²) in [6.07, 6.45) is 4.08. The molecular formula is C31H41N5O8. The first-order valence-corrected chi connectivity index (χ1v) is 14.4. The maximum atomic E-state index is 13.1. The third-order valence-electron chi connectivity index (χ3n) is 9.29. The first kappa shape index (κ1) is 32.2. The van der Waals surface area contributed by atoms with Gasteiger partial charge in [-0.15, -0.1) is 0 Å². The Balaban J connectivity index is 1.54. The second-order valence-electron chi connectivity index (χ2n) is 12.7. The molecule has 10 N–H and O–H groups in total. The van der Waals surface area contributed by atoms with Crippen molar-refractivity contribution in [2.24, 2.45) is 22.7 Å². The highest BCUT2D eigenvalue weighted by Gasteiger charge is 2.44. The Kier molecular flexibility index (Phi) is 8.63. The Labute approximate surface area is 255 Å². The molecule has 0 saturated heterocycles. The van der Waals surface area contributed by atoms with Crippen LogP contribution in [0.4, 0.5) is 28.4 Å². The minimum Gasteiger partial charge on any atom is -0.462 e. The van der Waals surface area contributed by atoms with Crippen molar-refractivity contribution in [2.45, 2.75) is 60.3 Å². The molecule has 2 saturated carbocycles. The quantitative estimate of drug-likeness (QED) is 0.112. The van der Waals surface area contributed by atoms with E-state index in [4.69, 9.17) is 47.6 Å². The summed E-state index contributed by atoms with van der Waals surface area (Å²) in [6.45, 7) is 9.90. The van der Waals surface area contributed by atoms with Crippen molar-refractivity contribution >= 4 is 52.3 Å². The van der Waals surface area contributed by atoms with Crippen LogP contribution in [0.2, 0.25) is 0 Å². The highest BCUT2D eigenvalue weighted by Crippen LogP contribution is 2.52. The zero-order chi connectivity index (χ0) is 32.7. The molecule has 13 nitrogen and oxygen atoms in total. The van der Waals surface area contributed by atoms with E-state index >= 15 is 0 Å². The number of ether oxygens (including phenoxy) is 4. The number of aryl methyl sites for hydroxylation is 1. The predicted octanol–water partition coefficient (Wildman–Crippen LogP) is 3.60. The van der Waals surface area contributed by atoms with Crippen LogP contribution in [-0.4, -0.2) is 37.1 Å². The zero-order valence-electron chi connectivity index (χ0n) is 25.7. The van der Waals surface area contributed by atoms with Crippen molar-refractivity contribution in [1.82, 2.24) is 0 Å². The van der Waals surface area contributed by atoms with E-state index < -0.39 is 40.9 Å². The molecule has 44 heavy (non-hydrogen) atoms. The molecule has 2 aromatic rings. The van der Waals surface area contributed by atoms with Gasteiger partial charge in [0.2, 0.25) is 0 Å². The van der Waals surface area contributed by atoms with Gasteiger partial charge in [-0.05, 0) is 73.0 Å². The Hall–Kier alpha value is -4.68. The van der Waals surface area contributed by atoms with Crippen LogP contribution >= 0.6 is 0 Å². The van der Waals surface area contributed by atoms with Gasteiger partial charge in [0, 0.05) is 0 Å². The summed E-state index contributed by atoms with van der Waals surface area (Å²) in [5, 5.41) is 0. The fourth-order valence-corrected chi connectivity index (χ4v) is 4.78. The van der Waals surface area contributed by atoms with Crippen molar-refractivity contribution in [3.63, 3.8) is 0 Å². The van der Waals surface area contributed by atoms with E-state index in [1.165, 1.54) is 12.1 Å². The van der Waals surface area contributed by atoms with Gasteiger partial charge in [0.05, 0.1) is 41.7 Å². The number of benzene rings is 2. The molecule has 0 bridgehead atoms. The standard InChI is InChI=1S/C31H41N5O8/c1-14-10-18(33)24(20(22(14)35)26(37)41-12-15(2)30(4)6-7-30)43-28(39)29(40)44-25-19(34)11-17(32)23(36)21(25)27(38)42-13-16(3)31(5)8-9-31/h10-11,15-16H,6-9,12-13,32-36H2,1-5H3. The number of carbonyl (C=O) groups is 4. The monoisotopic (exact) mass is 611 g/mol. The Bertz CT molecular complexity index is 1420. The van der Waals surface area contributed by atoms with Gasteiger partial charge in [-0.3, -0.25) is 0 Å². The predicted molar refractivity (Wildman–Crippen MR) is 165 cm³/mol. The highest BCUT2D eigenvalue weighted by atomic mass is 16.6. The first-order chi connectivity index (χ1) is 20.5. The second kappa shape index (κ2) is 11.8. The summed E-state index contributed by atoms with van der Waals surface area (Å²) in [5.74, 6) is -5.87. The Morgan fingerprint density at radius 1 is 0.682 bits per heavy atom. The normalized spacial score (nSPS) is 17.1. The molecule has 0 heterocycles. The van der Waals surface area contributed by atoms with E-state index in [-0.39, 0.29) is 69.9 Å². The van der Waals surface area contributed by atoms with Crippen molar-refractivity contribution in [2.75, 3.05) is 41.9 Å². The average molecular weight is 612 g/mol. The number of carbonyl (C=O) groups excluding carboxylic acids is 4. The maximum absolute atomic E-state index is 13.1. The lowest BCUT2D eigenvalue weighted by atomic mass is 9.94. The van der Waals surface area contributed by atoms with Gasteiger partial charge in [-0.2, -0.15) is 0 Å². The topological polar surface area (TPSA) is 235 Å². The minimum atomic E-state index is -1.60. The van der Waals surface area contributed by atoms with Gasteiger partial charge in [0.15, 0.2) is 11.5 Å². The maximum Gasteiger partial charge on any atom is 0.423 e. The lowest BCUT2D eigenvalue weighted by Crippen LogP contribution is -2.29. The number of nitrogen functional groups attached to an aromatic ring is 5. The van der Waals surface area contributed by atoms with E-state index in [0.29, 0.717) is 5.56 Å². The summed E-state index contributed by atoms with van der Waals surface area (Å²) < 4.78 is 21.4. The van der Waals surface area contributed by atoms with Crippen LogP contribution < -0.4 is 38.1 Å². The van der Waals surface area contributed by atoms with Crippen LogP contribution in [0.25, 0.3) is 0 Å². The molecule has 2 aliphatic carbocycles. The first-order valence-electron chi connectivity index (χ1n) is 14.4. The molecule has 2 atom stereocenters. The van der Waals surface area contributed by atoms with Gasteiger partial charge in [-0.25, -0.2) is 19.2 Å². The van der Waals surface area contributed by atoms with Gasteiger partial charge in [-0.1, -0.05) is 27.7 Å². The number of anilines is 5. The van der Waals surface area contributed by atoms with Gasteiger partial charge in [0.1, 0.15) is 11.1 Å². The smallest absolute Gasteiger partial charge is 0.423 e. The third-order valence-corrected chi connectivity index (χ3v) is 9.29. The average Bonchev–Trinajstić information content (AvgIpc) is 3.90. The molecule has 0 aromatic heterocycles. The molecule has 0 aliphatic heterocycles. The lowest BCUT2D eigenvalue weighted by Gasteiger charge is -2.20. The van der Waals surface area contributed by atoms with Crippen molar-refractivity contribution < 1.29 is 38.1 Å². The van der Waals surface area contributed by atoms with Gasteiger partial charge < -0.3 is 47.6 Å². The zero-order valence-corrected chi connectivity index (χ0v) is 25.7. The SMILES string of the molecule is Cc1cc(N)c(OC(=O)C(=O)Oc2c(N)cc(N)c(N)c2C(=O)OCC(C)C2(C)CC2)c(C(=O)OCC(C)C2(C)CC2)c1N. The molecule has 4 rings (SSSR count). The number of nitrogens with two attached hydrogens (primary N) is 5. The van der Waals surface area contributed by atoms with E-state index in [9.17, 15) is 19.2 Å². The number of hydrogen-bond acceptors (Lipinski definition) is 13. The van der Waals surface area contributed by atoms with Crippen LogP contribution in [0.1, 0.15) is 79.7 Å². The molecule has 13 heteroatoms. The summed E-state index contributed by atoms with van der Waals surface area (Å²) in [6, 6.07) is 2.55. The highest BCUT2D eigenvalue weighted by molar-refractivity contribution is 6.31. The number of rotatable bonds is 10. The van der Waals surface area contributed by atoms with Crippen LogP contribution in [-0.2, 0) is 19.1 Å². The minimum absolute atomic E-state index is 0.0412. The molecule has 2 aliphatic rings. The van der Waals surface area contributed by atoms with Gasteiger partial charge >= 0.3 is 23.9 Å². The fraction of sp³-hybridized carbons (Fsp3) is 0.484. The number of hydrogen-bond donors (Lipinski definition) is 5. The molecular weight excluding hydrogens is 570 g/mol. The van der Waals surface area contributed by atoms with E-state index in [1.807, 2.05) is 13.8 Å². The summed E-state index contributed by atoms with van der Waals surface area (Å²) in [7, 11) is 0. The van der Waals surface area contributed by atoms with Crippen molar-refractivity contribution in [1.29, 1.82) is 0 Å². The molecule has 0 amide bonds. The third kappa shape index (κ3) is 6.46.